The van der Waals surface area contributed by atoms with E-state index in [1.54, 1.807) is 6.07 Å². The lowest BCUT2D eigenvalue weighted by molar-refractivity contribution is 0.459. The van der Waals surface area contributed by atoms with Crippen LogP contribution in [-0.4, -0.2) is 10.2 Å². The fourth-order valence-electron chi connectivity index (χ4n) is 4.30. The minimum Gasteiger partial charge on any atom is -0.507 e. The lowest BCUT2D eigenvalue weighted by Gasteiger charge is -2.41. The zero-order valence-corrected chi connectivity index (χ0v) is 12.1. The van der Waals surface area contributed by atoms with E-state index in [2.05, 4.69) is 30.4 Å². The van der Waals surface area contributed by atoms with Crippen LogP contribution < -0.4 is 0 Å². The number of hydrogen-bond donors (Lipinski definition) is 2. The highest BCUT2D eigenvalue weighted by Gasteiger charge is 2.39. The summed E-state index contributed by atoms with van der Waals surface area (Å²) in [5, 5.41) is 22.5. The monoisotopic (exact) mass is 288 g/mol. The van der Waals surface area contributed by atoms with Crippen LogP contribution in [0, 0.1) is 5.92 Å². The first kappa shape index (κ1) is 12.1. The molecule has 22 heavy (non-hydrogen) atoms. The number of benzene rings is 2. The maximum atomic E-state index is 10.9. The summed E-state index contributed by atoms with van der Waals surface area (Å²) >= 11 is 0. The zero-order valence-electron chi connectivity index (χ0n) is 12.1. The van der Waals surface area contributed by atoms with E-state index in [0.717, 1.165) is 23.8 Å². The molecule has 0 radical (unpaired) electrons. The predicted octanol–water partition coefficient (Wildman–Crippen LogP) is 4.64. The van der Waals surface area contributed by atoms with Crippen molar-refractivity contribution in [2.24, 2.45) is 5.92 Å². The molecule has 3 aliphatic rings. The number of phenolic OH excluding ortho intramolecular Hbond substituents is 2. The van der Waals surface area contributed by atoms with E-state index in [9.17, 15) is 10.2 Å². The van der Waals surface area contributed by atoms with Crippen LogP contribution in [0.2, 0.25) is 0 Å². The van der Waals surface area contributed by atoms with Gasteiger partial charge < -0.3 is 10.2 Å². The molecule has 2 N–H and O–H groups in total. The fourth-order valence-corrected chi connectivity index (χ4v) is 4.30. The van der Waals surface area contributed by atoms with E-state index in [1.165, 1.54) is 16.7 Å². The fraction of sp³-hybridized carbons (Fsp3) is 0.200. The number of hydrogen-bond acceptors (Lipinski definition) is 2. The van der Waals surface area contributed by atoms with Gasteiger partial charge in [-0.25, -0.2) is 0 Å². The molecule has 0 unspecified atom stereocenters. The Labute approximate surface area is 128 Å². The van der Waals surface area contributed by atoms with Crippen molar-refractivity contribution in [2.75, 3.05) is 0 Å². The molecule has 0 spiro atoms. The average molecular weight is 288 g/mol. The second kappa shape index (κ2) is 4.04. The van der Waals surface area contributed by atoms with Gasteiger partial charge in [0.05, 0.1) is 5.39 Å². The summed E-state index contributed by atoms with van der Waals surface area (Å²) in [6.07, 6.45) is 10.9. The quantitative estimate of drug-likeness (QED) is 0.741. The van der Waals surface area contributed by atoms with Gasteiger partial charge in [-0.1, -0.05) is 42.0 Å². The molecular formula is C20H16O2. The van der Waals surface area contributed by atoms with E-state index < -0.39 is 0 Å². The van der Waals surface area contributed by atoms with Gasteiger partial charge in [-0.05, 0) is 41.5 Å². The van der Waals surface area contributed by atoms with E-state index in [0.29, 0.717) is 17.2 Å². The summed E-state index contributed by atoms with van der Waals surface area (Å²) in [6.45, 7) is 0. The van der Waals surface area contributed by atoms with Crippen LogP contribution in [0.25, 0.3) is 16.3 Å². The van der Waals surface area contributed by atoms with Crippen LogP contribution in [0.4, 0.5) is 0 Å². The van der Waals surface area contributed by atoms with Crippen LogP contribution >= 0.6 is 0 Å². The van der Waals surface area contributed by atoms with Crippen molar-refractivity contribution >= 4 is 16.3 Å². The first-order valence-corrected chi connectivity index (χ1v) is 7.80. The van der Waals surface area contributed by atoms with Gasteiger partial charge in [0, 0.05) is 17.4 Å². The topological polar surface area (TPSA) is 40.5 Å². The van der Waals surface area contributed by atoms with Crippen LogP contribution in [0.1, 0.15) is 29.9 Å². The number of allylic oxidation sites excluding steroid dienone is 6. The van der Waals surface area contributed by atoms with E-state index in [1.807, 2.05) is 12.1 Å². The third kappa shape index (κ3) is 1.35. The molecule has 2 atom stereocenters. The first-order chi connectivity index (χ1) is 10.8. The molecule has 0 aromatic heterocycles. The molecule has 3 aliphatic carbocycles. The lowest BCUT2D eigenvalue weighted by Crippen LogP contribution is -2.25. The minimum absolute atomic E-state index is 0.153. The maximum Gasteiger partial charge on any atom is 0.134 e. The summed E-state index contributed by atoms with van der Waals surface area (Å²) in [5.41, 5.74) is 4.91. The minimum atomic E-state index is 0.153. The molecule has 0 heterocycles. The first-order valence-electron chi connectivity index (χ1n) is 7.80. The van der Waals surface area contributed by atoms with Crippen molar-refractivity contribution in [3.8, 4) is 11.5 Å². The maximum absolute atomic E-state index is 10.9. The Morgan fingerprint density at radius 2 is 1.77 bits per heavy atom. The summed E-state index contributed by atoms with van der Waals surface area (Å²) in [4.78, 5) is 0. The SMILES string of the molecule is Oc1cccc2cc3c(c(O)c12)C1=C(CC1)[C@@H]1C=CC=C[C@H]31. The third-order valence-corrected chi connectivity index (χ3v) is 5.38. The van der Waals surface area contributed by atoms with Crippen molar-refractivity contribution in [1.29, 1.82) is 0 Å². The molecule has 2 aromatic carbocycles. The highest BCUT2D eigenvalue weighted by atomic mass is 16.3. The van der Waals surface area contributed by atoms with Gasteiger partial charge >= 0.3 is 0 Å². The van der Waals surface area contributed by atoms with Gasteiger partial charge in [-0.3, -0.25) is 0 Å². The Bertz CT molecular complexity index is 915. The summed E-state index contributed by atoms with van der Waals surface area (Å²) in [6, 6.07) is 7.57. The van der Waals surface area contributed by atoms with Crippen LogP contribution in [0.5, 0.6) is 11.5 Å². The van der Waals surface area contributed by atoms with Gasteiger partial charge in [0.2, 0.25) is 0 Å². The van der Waals surface area contributed by atoms with Gasteiger partial charge in [0.1, 0.15) is 11.5 Å². The predicted molar refractivity (Wildman–Crippen MR) is 87.9 cm³/mol. The second-order valence-corrected chi connectivity index (χ2v) is 6.39. The van der Waals surface area contributed by atoms with Gasteiger partial charge in [0.15, 0.2) is 0 Å². The molecule has 108 valence electrons. The van der Waals surface area contributed by atoms with Crippen LogP contribution in [0.3, 0.4) is 0 Å². The largest absolute Gasteiger partial charge is 0.507 e. The molecule has 0 fully saturated rings. The molecule has 0 saturated heterocycles. The highest BCUT2D eigenvalue weighted by Crippen LogP contribution is 2.57. The summed E-state index contributed by atoms with van der Waals surface area (Å²) in [5.74, 6) is 1.15. The Morgan fingerprint density at radius 1 is 0.955 bits per heavy atom. The second-order valence-electron chi connectivity index (χ2n) is 6.39. The number of rotatable bonds is 0. The Kier molecular flexibility index (Phi) is 2.22. The standard InChI is InChI=1S/C20H16O2/c21-17-7-3-4-11-10-16-13-6-2-1-5-12(13)14-8-9-15(14)19(16)20(22)18(11)17/h1-7,10,12-13,21-22H,8-9H2/t12-,13+/m1/s1. The Hall–Kier alpha value is -2.48. The molecule has 2 aromatic rings. The Balaban J connectivity index is 1.91. The van der Waals surface area contributed by atoms with Gasteiger partial charge in [0.25, 0.3) is 0 Å². The molecule has 0 bridgehead atoms. The third-order valence-electron chi connectivity index (χ3n) is 5.38. The van der Waals surface area contributed by atoms with Gasteiger partial charge in [-0.2, -0.15) is 0 Å². The molecule has 0 saturated carbocycles. The van der Waals surface area contributed by atoms with Crippen LogP contribution in [-0.2, 0) is 0 Å². The van der Waals surface area contributed by atoms with E-state index >= 15 is 0 Å². The summed E-state index contributed by atoms with van der Waals surface area (Å²) < 4.78 is 0. The van der Waals surface area contributed by atoms with Crippen molar-refractivity contribution in [3.05, 3.63) is 65.3 Å². The number of phenols is 2. The van der Waals surface area contributed by atoms with Crippen molar-refractivity contribution in [3.63, 3.8) is 0 Å². The van der Waals surface area contributed by atoms with E-state index in [4.69, 9.17) is 0 Å². The number of aromatic hydroxyl groups is 2. The van der Waals surface area contributed by atoms with E-state index in [-0.39, 0.29) is 11.5 Å². The van der Waals surface area contributed by atoms with Crippen LogP contribution in [0.15, 0.2) is 54.1 Å². The highest BCUT2D eigenvalue weighted by molar-refractivity contribution is 6.00. The summed E-state index contributed by atoms with van der Waals surface area (Å²) in [7, 11) is 0. The molecule has 2 nitrogen and oxygen atoms in total. The van der Waals surface area contributed by atoms with Crippen molar-refractivity contribution in [2.45, 2.75) is 18.8 Å². The average Bonchev–Trinajstić information content (AvgIpc) is 2.48. The zero-order chi connectivity index (χ0) is 14.8. The lowest BCUT2D eigenvalue weighted by atomic mass is 9.63. The smallest absolute Gasteiger partial charge is 0.134 e. The van der Waals surface area contributed by atoms with Crippen molar-refractivity contribution in [1.82, 2.24) is 0 Å². The molecular weight excluding hydrogens is 272 g/mol. The molecule has 2 heteroatoms. The molecule has 0 amide bonds. The normalized spacial score (nSPS) is 24.7. The van der Waals surface area contributed by atoms with Crippen molar-refractivity contribution < 1.29 is 10.2 Å². The number of fused-ring (bicyclic) bond motifs is 6. The molecule has 5 rings (SSSR count). The van der Waals surface area contributed by atoms with Gasteiger partial charge in [-0.15, -0.1) is 0 Å². The Morgan fingerprint density at radius 3 is 2.55 bits per heavy atom. The molecule has 0 aliphatic heterocycles.